The maximum absolute atomic E-state index is 6.19. The third-order valence-corrected chi connectivity index (χ3v) is 7.98. The number of halogens is 2. The van der Waals surface area contributed by atoms with E-state index in [2.05, 4.69) is 72.9 Å². The molecular formula is C28H30BrClN4OS. The maximum Gasteiger partial charge on any atom is 0.130 e. The van der Waals surface area contributed by atoms with E-state index in [1.165, 1.54) is 16.6 Å². The lowest BCUT2D eigenvalue weighted by Gasteiger charge is -2.34. The van der Waals surface area contributed by atoms with Crippen LogP contribution in [-0.4, -0.2) is 49.7 Å². The summed E-state index contributed by atoms with van der Waals surface area (Å²) < 4.78 is 10.7. The molecule has 4 aromatic rings. The largest absolute Gasteiger partial charge is 0.457 e. The van der Waals surface area contributed by atoms with Gasteiger partial charge in [0, 0.05) is 76.0 Å². The summed E-state index contributed by atoms with van der Waals surface area (Å²) >= 11 is 11.5. The van der Waals surface area contributed by atoms with E-state index in [-0.39, 0.29) is 0 Å². The highest BCUT2D eigenvalue weighted by Gasteiger charge is 2.15. The SMILES string of the molecule is CN1CCN(c2cc(Br)cc(Oc3ccc(SNCCCc4c[nH]c5ccc(Cl)cc45)cc3)c2)CC1. The van der Waals surface area contributed by atoms with Crippen molar-refractivity contribution in [2.75, 3.05) is 44.7 Å². The van der Waals surface area contributed by atoms with Gasteiger partial charge in [-0.05, 0) is 92.0 Å². The Bertz CT molecular complexity index is 1300. The Kier molecular flexibility index (Phi) is 8.44. The summed E-state index contributed by atoms with van der Waals surface area (Å²) in [5.74, 6) is 1.68. The van der Waals surface area contributed by atoms with Crippen LogP contribution < -0.4 is 14.4 Å². The first-order valence-corrected chi connectivity index (χ1v) is 14.2. The molecule has 0 atom stereocenters. The van der Waals surface area contributed by atoms with Crippen LogP contribution in [0.3, 0.4) is 0 Å². The summed E-state index contributed by atoms with van der Waals surface area (Å²) in [6.45, 7) is 5.13. The number of anilines is 1. The Morgan fingerprint density at radius 3 is 2.61 bits per heavy atom. The molecule has 0 saturated carbocycles. The van der Waals surface area contributed by atoms with Crippen molar-refractivity contribution < 1.29 is 4.74 Å². The molecule has 2 N–H and O–H groups in total. The number of aromatic nitrogens is 1. The molecule has 2 heterocycles. The fraction of sp³-hybridized carbons (Fsp3) is 0.286. The normalized spacial score (nSPS) is 14.5. The first-order chi connectivity index (χ1) is 17.5. The van der Waals surface area contributed by atoms with Crippen molar-refractivity contribution in [3.63, 3.8) is 0 Å². The molecule has 0 bridgehead atoms. The number of hydrogen-bond donors (Lipinski definition) is 2. The zero-order chi connectivity index (χ0) is 24.9. The molecule has 1 aromatic heterocycles. The minimum Gasteiger partial charge on any atom is -0.457 e. The van der Waals surface area contributed by atoms with Gasteiger partial charge in [-0.25, -0.2) is 0 Å². The first kappa shape index (κ1) is 25.5. The third kappa shape index (κ3) is 6.58. The summed E-state index contributed by atoms with van der Waals surface area (Å²) in [6, 6.07) is 20.5. The number of aromatic amines is 1. The number of H-pyrrole nitrogens is 1. The molecule has 5 nitrogen and oxygen atoms in total. The lowest BCUT2D eigenvalue weighted by Crippen LogP contribution is -2.44. The summed E-state index contributed by atoms with van der Waals surface area (Å²) in [6.07, 6.45) is 4.14. The molecule has 1 fully saturated rings. The molecule has 0 amide bonds. The van der Waals surface area contributed by atoms with Gasteiger partial charge in [0.25, 0.3) is 0 Å². The van der Waals surface area contributed by atoms with Crippen molar-refractivity contribution in [2.24, 2.45) is 0 Å². The minimum atomic E-state index is 0.778. The fourth-order valence-corrected chi connectivity index (χ4v) is 5.73. The zero-order valence-electron chi connectivity index (χ0n) is 20.3. The van der Waals surface area contributed by atoms with Gasteiger partial charge in [-0.3, -0.25) is 4.72 Å². The van der Waals surface area contributed by atoms with Crippen molar-refractivity contribution in [1.82, 2.24) is 14.6 Å². The predicted octanol–water partition coefficient (Wildman–Crippen LogP) is 7.36. The van der Waals surface area contributed by atoms with Gasteiger partial charge in [0.05, 0.1) is 0 Å². The molecule has 1 saturated heterocycles. The number of benzene rings is 3. The van der Waals surface area contributed by atoms with E-state index in [1.807, 2.05) is 36.4 Å². The Hall–Kier alpha value is -2.16. The number of rotatable bonds is 9. The Balaban J connectivity index is 1.10. The van der Waals surface area contributed by atoms with Gasteiger partial charge >= 0.3 is 0 Å². The second kappa shape index (κ2) is 11.9. The zero-order valence-corrected chi connectivity index (χ0v) is 23.4. The van der Waals surface area contributed by atoms with Gasteiger partial charge in [-0.2, -0.15) is 0 Å². The van der Waals surface area contributed by atoms with Crippen LogP contribution in [0, 0.1) is 0 Å². The monoisotopic (exact) mass is 584 g/mol. The van der Waals surface area contributed by atoms with E-state index in [0.717, 1.165) is 77.0 Å². The lowest BCUT2D eigenvalue weighted by atomic mass is 10.1. The molecule has 0 unspecified atom stereocenters. The Labute approximate surface area is 230 Å². The van der Waals surface area contributed by atoms with Crippen LogP contribution in [0.15, 0.2) is 76.2 Å². The van der Waals surface area contributed by atoms with Crippen molar-refractivity contribution in [1.29, 1.82) is 0 Å². The van der Waals surface area contributed by atoms with Crippen LogP contribution in [-0.2, 0) is 6.42 Å². The lowest BCUT2D eigenvalue weighted by molar-refractivity contribution is 0.312. The highest BCUT2D eigenvalue weighted by Crippen LogP contribution is 2.32. The molecular weight excluding hydrogens is 556 g/mol. The summed E-state index contributed by atoms with van der Waals surface area (Å²) in [4.78, 5) is 9.26. The number of piperazine rings is 1. The van der Waals surface area contributed by atoms with Gasteiger partial charge in [-0.15, -0.1) is 0 Å². The molecule has 8 heteroatoms. The maximum atomic E-state index is 6.19. The number of aryl methyl sites for hydroxylation is 1. The predicted molar refractivity (Wildman–Crippen MR) is 156 cm³/mol. The smallest absolute Gasteiger partial charge is 0.130 e. The molecule has 0 aliphatic carbocycles. The minimum absolute atomic E-state index is 0.778. The van der Waals surface area contributed by atoms with Crippen molar-refractivity contribution in [3.8, 4) is 11.5 Å². The van der Waals surface area contributed by atoms with Crippen molar-refractivity contribution in [3.05, 3.63) is 81.9 Å². The van der Waals surface area contributed by atoms with E-state index in [9.17, 15) is 0 Å². The highest BCUT2D eigenvalue weighted by molar-refractivity contribution is 9.10. The van der Waals surface area contributed by atoms with Crippen LogP contribution in [0.5, 0.6) is 11.5 Å². The van der Waals surface area contributed by atoms with E-state index in [4.69, 9.17) is 16.3 Å². The number of nitrogens with zero attached hydrogens (tertiary/aromatic N) is 2. The fourth-order valence-electron chi connectivity index (χ4n) is 4.41. The Morgan fingerprint density at radius 2 is 1.81 bits per heavy atom. The highest BCUT2D eigenvalue weighted by atomic mass is 79.9. The van der Waals surface area contributed by atoms with E-state index in [1.54, 1.807) is 11.9 Å². The summed E-state index contributed by atoms with van der Waals surface area (Å²) in [7, 11) is 2.17. The van der Waals surface area contributed by atoms with Crippen molar-refractivity contribution in [2.45, 2.75) is 17.7 Å². The van der Waals surface area contributed by atoms with Gasteiger partial charge < -0.3 is 19.5 Å². The molecule has 36 heavy (non-hydrogen) atoms. The number of hydrogen-bond acceptors (Lipinski definition) is 5. The topological polar surface area (TPSA) is 43.5 Å². The molecule has 1 aliphatic heterocycles. The molecule has 3 aromatic carbocycles. The van der Waals surface area contributed by atoms with Crippen LogP contribution >= 0.6 is 39.5 Å². The first-order valence-electron chi connectivity index (χ1n) is 12.2. The van der Waals surface area contributed by atoms with Gasteiger partial charge in [-0.1, -0.05) is 27.5 Å². The average Bonchev–Trinajstić information content (AvgIpc) is 3.27. The van der Waals surface area contributed by atoms with E-state index < -0.39 is 0 Å². The van der Waals surface area contributed by atoms with Gasteiger partial charge in [0.1, 0.15) is 11.5 Å². The molecule has 0 spiro atoms. The second-order valence-corrected chi connectivity index (χ2v) is 11.4. The van der Waals surface area contributed by atoms with Gasteiger partial charge in [0.15, 0.2) is 0 Å². The molecule has 5 rings (SSSR count). The summed E-state index contributed by atoms with van der Waals surface area (Å²) in [5.41, 5.74) is 3.64. The molecule has 0 radical (unpaired) electrons. The standard InChI is InChI=1S/C28H30BrClN4OS/c1-33-11-13-34(14-12-33)23-15-21(29)16-25(18-23)35-24-5-7-26(8-6-24)36-32-10-2-3-20-19-31-28-9-4-22(30)17-27(20)28/h4-9,15-19,31-32H,2-3,10-14H2,1H3. The second-order valence-electron chi connectivity index (χ2n) is 9.11. The third-order valence-electron chi connectivity index (χ3n) is 6.43. The van der Waals surface area contributed by atoms with Gasteiger partial charge in [0.2, 0.25) is 0 Å². The van der Waals surface area contributed by atoms with E-state index >= 15 is 0 Å². The number of ether oxygens (including phenoxy) is 1. The average molecular weight is 586 g/mol. The number of fused-ring (bicyclic) bond motifs is 1. The van der Waals surface area contributed by atoms with Crippen LogP contribution in [0.4, 0.5) is 5.69 Å². The van der Waals surface area contributed by atoms with E-state index in [0.29, 0.717) is 0 Å². The van der Waals surface area contributed by atoms with Crippen LogP contribution in [0.2, 0.25) is 5.02 Å². The molecule has 188 valence electrons. The quantitative estimate of drug-likeness (QED) is 0.159. The van der Waals surface area contributed by atoms with Crippen molar-refractivity contribution >= 4 is 56.1 Å². The Morgan fingerprint density at radius 1 is 1.00 bits per heavy atom. The number of likely N-dealkylation sites (N-methyl/N-ethyl adjacent to an activating group) is 1. The van der Waals surface area contributed by atoms with Crippen LogP contribution in [0.25, 0.3) is 10.9 Å². The summed E-state index contributed by atoms with van der Waals surface area (Å²) in [5, 5.41) is 1.99. The number of nitrogens with one attached hydrogen (secondary N) is 2. The molecule has 1 aliphatic rings. The van der Waals surface area contributed by atoms with Crippen LogP contribution in [0.1, 0.15) is 12.0 Å².